The Kier molecular flexibility index (Phi) is 6.64. The highest BCUT2D eigenvalue weighted by molar-refractivity contribution is 7.80. The molecule has 1 rings (SSSR count). The topological polar surface area (TPSA) is 27.3 Å². The standard InChI is InChI=1S/C15H25N3S/c1-5-18(6-2)14-9-7-13(8-10-14)17-15(19)16-11-12(3)4/h7-10,12H,5-6,11H2,1-4H3,(H2,16,17,19). The lowest BCUT2D eigenvalue weighted by Gasteiger charge is -2.21. The van der Waals surface area contributed by atoms with Crippen LogP contribution in [-0.4, -0.2) is 24.7 Å². The molecule has 0 unspecified atom stereocenters. The lowest BCUT2D eigenvalue weighted by atomic mass is 10.2. The monoisotopic (exact) mass is 279 g/mol. The van der Waals surface area contributed by atoms with Gasteiger partial charge in [-0.05, 0) is 56.2 Å². The molecule has 1 aromatic carbocycles. The first-order valence-electron chi connectivity index (χ1n) is 6.96. The lowest BCUT2D eigenvalue weighted by Crippen LogP contribution is -2.31. The molecule has 4 heteroatoms. The van der Waals surface area contributed by atoms with E-state index in [1.54, 1.807) is 0 Å². The molecule has 2 N–H and O–H groups in total. The van der Waals surface area contributed by atoms with Gasteiger partial charge in [0.1, 0.15) is 0 Å². The molecule has 0 saturated carbocycles. The second kappa shape index (κ2) is 8.00. The number of rotatable bonds is 6. The Bertz CT molecular complexity index is 383. The third kappa shape index (κ3) is 5.47. The second-order valence-corrected chi connectivity index (χ2v) is 5.36. The summed E-state index contributed by atoms with van der Waals surface area (Å²) >= 11 is 5.25. The van der Waals surface area contributed by atoms with Gasteiger partial charge in [-0.3, -0.25) is 0 Å². The van der Waals surface area contributed by atoms with Crippen molar-refractivity contribution in [1.29, 1.82) is 0 Å². The Balaban J connectivity index is 2.54. The summed E-state index contributed by atoms with van der Waals surface area (Å²) in [6.45, 7) is 11.6. The van der Waals surface area contributed by atoms with E-state index in [1.807, 2.05) is 0 Å². The lowest BCUT2D eigenvalue weighted by molar-refractivity contribution is 0.627. The van der Waals surface area contributed by atoms with E-state index in [1.165, 1.54) is 5.69 Å². The highest BCUT2D eigenvalue weighted by Gasteiger charge is 2.02. The van der Waals surface area contributed by atoms with Crippen LogP contribution in [0.1, 0.15) is 27.7 Å². The van der Waals surface area contributed by atoms with Gasteiger partial charge < -0.3 is 15.5 Å². The molecule has 0 aromatic heterocycles. The molecule has 0 aliphatic rings. The summed E-state index contributed by atoms with van der Waals surface area (Å²) in [6, 6.07) is 8.38. The van der Waals surface area contributed by atoms with E-state index in [0.717, 1.165) is 25.3 Å². The van der Waals surface area contributed by atoms with E-state index in [-0.39, 0.29) is 0 Å². The number of hydrogen-bond acceptors (Lipinski definition) is 2. The van der Waals surface area contributed by atoms with Crippen LogP contribution >= 0.6 is 12.2 Å². The van der Waals surface area contributed by atoms with Crippen LogP contribution in [0.4, 0.5) is 11.4 Å². The molecule has 0 atom stereocenters. The molecule has 19 heavy (non-hydrogen) atoms. The predicted molar refractivity (Wildman–Crippen MR) is 89.1 cm³/mol. The molecule has 1 aromatic rings. The predicted octanol–water partition coefficient (Wildman–Crippen LogP) is 3.48. The Labute approximate surface area is 122 Å². The Morgan fingerprint density at radius 1 is 1.16 bits per heavy atom. The van der Waals surface area contributed by atoms with Crippen molar-refractivity contribution < 1.29 is 0 Å². The van der Waals surface area contributed by atoms with Crippen LogP contribution in [0.2, 0.25) is 0 Å². The van der Waals surface area contributed by atoms with Crippen LogP contribution in [0, 0.1) is 5.92 Å². The van der Waals surface area contributed by atoms with E-state index in [0.29, 0.717) is 11.0 Å². The summed E-state index contributed by atoms with van der Waals surface area (Å²) in [5, 5.41) is 7.09. The number of anilines is 2. The zero-order chi connectivity index (χ0) is 14.3. The minimum Gasteiger partial charge on any atom is -0.372 e. The van der Waals surface area contributed by atoms with Crippen LogP contribution in [-0.2, 0) is 0 Å². The molecule has 0 aliphatic carbocycles. The van der Waals surface area contributed by atoms with Crippen molar-refractivity contribution in [2.75, 3.05) is 29.9 Å². The maximum Gasteiger partial charge on any atom is 0.170 e. The number of thiocarbonyl (C=S) groups is 1. The van der Waals surface area contributed by atoms with Gasteiger partial charge in [0.25, 0.3) is 0 Å². The number of benzene rings is 1. The summed E-state index contributed by atoms with van der Waals surface area (Å²) in [5.41, 5.74) is 2.27. The third-order valence-electron chi connectivity index (χ3n) is 2.92. The minimum absolute atomic E-state index is 0.588. The number of nitrogens with one attached hydrogen (secondary N) is 2. The molecule has 0 bridgehead atoms. The fraction of sp³-hybridized carbons (Fsp3) is 0.533. The van der Waals surface area contributed by atoms with Crippen LogP contribution in [0.3, 0.4) is 0 Å². The Morgan fingerprint density at radius 2 is 1.74 bits per heavy atom. The molecule has 0 aliphatic heterocycles. The van der Waals surface area contributed by atoms with Crippen molar-refractivity contribution in [3.63, 3.8) is 0 Å². The van der Waals surface area contributed by atoms with E-state index < -0.39 is 0 Å². The summed E-state index contributed by atoms with van der Waals surface area (Å²) in [6.07, 6.45) is 0. The summed E-state index contributed by atoms with van der Waals surface area (Å²) in [7, 11) is 0. The fourth-order valence-electron chi connectivity index (χ4n) is 1.82. The van der Waals surface area contributed by atoms with Crippen molar-refractivity contribution in [3.8, 4) is 0 Å². The van der Waals surface area contributed by atoms with E-state index in [4.69, 9.17) is 12.2 Å². The van der Waals surface area contributed by atoms with Gasteiger partial charge in [-0.2, -0.15) is 0 Å². The van der Waals surface area contributed by atoms with Crippen LogP contribution in [0.25, 0.3) is 0 Å². The van der Waals surface area contributed by atoms with Gasteiger partial charge in [0, 0.05) is 31.0 Å². The minimum atomic E-state index is 0.588. The smallest absolute Gasteiger partial charge is 0.170 e. The first kappa shape index (κ1) is 15.8. The maximum atomic E-state index is 5.25. The van der Waals surface area contributed by atoms with Gasteiger partial charge >= 0.3 is 0 Å². The molecule has 0 radical (unpaired) electrons. The second-order valence-electron chi connectivity index (χ2n) is 4.95. The van der Waals surface area contributed by atoms with Crippen molar-refractivity contribution in [3.05, 3.63) is 24.3 Å². The normalized spacial score (nSPS) is 10.4. The maximum absolute atomic E-state index is 5.25. The first-order valence-corrected chi connectivity index (χ1v) is 7.37. The summed E-state index contributed by atoms with van der Waals surface area (Å²) < 4.78 is 0. The molecule has 0 spiro atoms. The van der Waals surface area contributed by atoms with Crippen molar-refractivity contribution in [2.24, 2.45) is 5.92 Å². The van der Waals surface area contributed by atoms with Crippen molar-refractivity contribution in [2.45, 2.75) is 27.7 Å². The van der Waals surface area contributed by atoms with Gasteiger partial charge in [-0.1, -0.05) is 13.8 Å². The SMILES string of the molecule is CCN(CC)c1ccc(NC(=S)NCC(C)C)cc1. The van der Waals surface area contributed by atoms with E-state index in [9.17, 15) is 0 Å². The van der Waals surface area contributed by atoms with Crippen molar-refractivity contribution in [1.82, 2.24) is 5.32 Å². The molecular weight excluding hydrogens is 254 g/mol. The fourth-order valence-corrected chi connectivity index (χ4v) is 2.02. The van der Waals surface area contributed by atoms with Gasteiger partial charge in [0.05, 0.1) is 0 Å². The molecular formula is C15H25N3S. The molecule has 0 amide bonds. The zero-order valence-electron chi connectivity index (χ0n) is 12.4. The molecule has 0 saturated heterocycles. The van der Waals surface area contributed by atoms with Crippen molar-refractivity contribution >= 4 is 28.7 Å². The summed E-state index contributed by atoms with van der Waals surface area (Å²) in [5.74, 6) is 0.588. The average Bonchev–Trinajstić information content (AvgIpc) is 2.40. The van der Waals surface area contributed by atoms with E-state index in [2.05, 4.69) is 67.5 Å². The molecule has 0 fully saturated rings. The van der Waals surface area contributed by atoms with Gasteiger partial charge in [0.15, 0.2) is 5.11 Å². The molecule has 0 heterocycles. The quantitative estimate of drug-likeness (QED) is 0.780. The van der Waals surface area contributed by atoms with Crippen LogP contribution in [0.5, 0.6) is 0 Å². The van der Waals surface area contributed by atoms with Crippen LogP contribution in [0.15, 0.2) is 24.3 Å². The largest absolute Gasteiger partial charge is 0.372 e. The highest BCUT2D eigenvalue weighted by Crippen LogP contribution is 2.17. The zero-order valence-corrected chi connectivity index (χ0v) is 13.2. The van der Waals surface area contributed by atoms with E-state index >= 15 is 0 Å². The average molecular weight is 279 g/mol. The highest BCUT2D eigenvalue weighted by atomic mass is 32.1. The van der Waals surface area contributed by atoms with Crippen LogP contribution < -0.4 is 15.5 Å². The molecule has 106 valence electrons. The third-order valence-corrected chi connectivity index (χ3v) is 3.17. The number of hydrogen-bond donors (Lipinski definition) is 2. The van der Waals surface area contributed by atoms with Gasteiger partial charge in [-0.25, -0.2) is 0 Å². The molecule has 3 nitrogen and oxygen atoms in total. The first-order chi connectivity index (χ1) is 9.06. The number of nitrogens with zero attached hydrogens (tertiary/aromatic N) is 1. The Hall–Kier alpha value is -1.29. The Morgan fingerprint density at radius 3 is 2.21 bits per heavy atom. The summed E-state index contributed by atoms with van der Waals surface area (Å²) in [4.78, 5) is 2.32. The van der Waals surface area contributed by atoms with Gasteiger partial charge in [-0.15, -0.1) is 0 Å². The van der Waals surface area contributed by atoms with Gasteiger partial charge in [0.2, 0.25) is 0 Å².